The maximum atomic E-state index is 13.1. The van der Waals surface area contributed by atoms with Crippen molar-refractivity contribution < 1.29 is 18.0 Å². The van der Waals surface area contributed by atoms with Crippen LogP contribution in [0.3, 0.4) is 0 Å². The molecule has 0 spiro atoms. The molecule has 1 aliphatic carbocycles. The third-order valence-electron chi connectivity index (χ3n) is 5.32. The normalized spacial score (nSPS) is 18.6. The maximum Gasteiger partial charge on any atom is 0.264 e. The Bertz CT molecular complexity index is 1160. The maximum absolute atomic E-state index is 13.1. The van der Waals surface area contributed by atoms with E-state index in [1.807, 2.05) is 24.3 Å². The van der Waals surface area contributed by atoms with Crippen LogP contribution in [0.15, 0.2) is 59.8 Å². The third-order valence-corrected chi connectivity index (χ3v) is 7.84. The number of hydrogen-bond acceptors (Lipinski definition) is 4. The van der Waals surface area contributed by atoms with E-state index in [4.69, 9.17) is 23.2 Å². The molecule has 2 amide bonds. The molecule has 0 fully saturated rings. The number of sulfonamides is 1. The van der Waals surface area contributed by atoms with E-state index in [1.165, 1.54) is 41.7 Å². The SMILES string of the molecule is O=C(C[C@@H]1C(=O)NC=CN1S(=O)(=O)c1ccc(Cl)c(Cl)c1)NC1Cc2ccccc2C1. The van der Waals surface area contributed by atoms with Crippen molar-refractivity contribution in [1.82, 2.24) is 14.9 Å². The van der Waals surface area contributed by atoms with Gasteiger partial charge in [-0.2, -0.15) is 0 Å². The molecule has 1 aliphatic heterocycles. The number of fused-ring (bicyclic) bond motifs is 1. The monoisotopic (exact) mass is 479 g/mol. The van der Waals surface area contributed by atoms with Crippen LogP contribution in [0.25, 0.3) is 0 Å². The van der Waals surface area contributed by atoms with Crippen LogP contribution in [0.5, 0.6) is 0 Å². The lowest BCUT2D eigenvalue weighted by molar-refractivity contribution is -0.129. The molecule has 4 rings (SSSR count). The van der Waals surface area contributed by atoms with Crippen LogP contribution >= 0.6 is 23.2 Å². The molecule has 10 heteroatoms. The summed E-state index contributed by atoms with van der Waals surface area (Å²) in [5, 5.41) is 5.67. The number of benzene rings is 2. The summed E-state index contributed by atoms with van der Waals surface area (Å²) in [5.74, 6) is -0.987. The summed E-state index contributed by atoms with van der Waals surface area (Å²) in [6.45, 7) is 0. The van der Waals surface area contributed by atoms with Gasteiger partial charge in [0.05, 0.1) is 21.4 Å². The Morgan fingerprint density at radius 1 is 1.10 bits per heavy atom. The molecule has 0 unspecified atom stereocenters. The van der Waals surface area contributed by atoms with Gasteiger partial charge in [-0.25, -0.2) is 8.42 Å². The minimum atomic E-state index is -4.14. The van der Waals surface area contributed by atoms with Crippen LogP contribution < -0.4 is 10.6 Å². The van der Waals surface area contributed by atoms with Gasteiger partial charge in [0.2, 0.25) is 11.8 Å². The highest BCUT2D eigenvalue weighted by molar-refractivity contribution is 7.89. The van der Waals surface area contributed by atoms with Crippen molar-refractivity contribution in [3.63, 3.8) is 0 Å². The van der Waals surface area contributed by atoms with Gasteiger partial charge < -0.3 is 10.6 Å². The number of halogens is 2. The van der Waals surface area contributed by atoms with Gasteiger partial charge in [-0.15, -0.1) is 0 Å². The van der Waals surface area contributed by atoms with E-state index in [0.717, 1.165) is 4.31 Å². The standard InChI is InChI=1S/C21H19Cl2N3O4S/c22-17-6-5-16(11-18(17)23)31(29,30)26-8-7-24-21(28)19(26)12-20(27)25-15-9-13-3-1-2-4-14(13)10-15/h1-8,11,15,19H,9-10,12H2,(H,24,28)(H,25,27)/t19-/m1/s1. The molecule has 0 saturated carbocycles. The van der Waals surface area contributed by atoms with Crippen molar-refractivity contribution >= 4 is 45.0 Å². The molecule has 0 aromatic heterocycles. The number of amides is 2. The lowest BCUT2D eigenvalue weighted by Gasteiger charge is -2.31. The van der Waals surface area contributed by atoms with Gasteiger partial charge in [0.15, 0.2) is 0 Å². The zero-order valence-electron chi connectivity index (χ0n) is 16.2. The van der Waals surface area contributed by atoms with Crippen molar-refractivity contribution in [2.24, 2.45) is 0 Å². The van der Waals surface area contributed by atoms with E-state index in [-0.39, 0.29) is 27.4 Å². The molecule has 0 saturated heterocycles. The molecule has 1 atom stereocenters. The molecule has 2 aliphatic rings. The smallest absolute Gasteiger partial charge is 0.264 e. The first-order valence-corrected chi connectivity index (χ1v) is 11.8. The molecule has 0 radical (unpaired) electrons. The van der Waals surface area contributed by atoms with E-state index in [2.05, 4.69) is 10.6 Å². The van der Waals surface area contributed by atoms with Gasteiger partial charge in [0, 0.05) is 18.4 Å². The fourth-order valence-corrected chi connectivity index (χ4v) is 5.66. The average Bonchev–Trinajstić information content (AvgIpc) is 3.13. The summed E-state index contributed by atoms with van der Waals surface area (Å²) in [6.07, 6.45) is 3.53. The predicted molar refractivity (Wildman–Crippen MR) is 117 cm³/mol. The topological polar surface area (TPSA) is 95.6 Å². The Kier molecular flexibility index (Phi) is 5.96. The van der Waals surface area contributed by atoms with Crippen LogP contribution in [0, 0.1) is 0 Å². The summed E-state index contributed by atoms with van der Waals surface area (Å²) < 4.78 is 27.2. The van der Waals surface area contributed by atoms with Crippen LogP contribution in [0.2, 0.25) is 10.0 Å². The lowest BCUT2D eigenvalue weighted by Crippen LogP contribution is -2.51. The van der Waals surface area contributed by atoms with Crippen LogP contribution in [-0.4, -0.2) is 36.6 Å². The Morgan fingerprint density at radius 2 is 1.77 bits per heavy atom. The second kappa shape index (κ2) is 8.53. The highest BCUT2D eigenvalue weighted by atomic mass is 35.5. The Hall–Kier alpha value is -2.55. The van der Waals surface area contributed by atoms with Gasteiger partial charge in [-0.3, -0.25) is 13.9 Å². The van der Waals surface area contributed by atoms with Crippen LogP contribution in [0.4, 0.5) is 0 Å². The van der Waals surface area contributed by atoms with Crippen molar-refractivity contribution in [1.29, 1.82) is 0 Å². The Labute approximate surface area is 190 Å². The zero-order chi connectivity index (χ0) is 22.2. The van der Waals surface area contributed by atoms with Gasteiger partial charge in [0.25, 0.3) is 10.0 Å². The lowest BCUT2D eigenvalue weighted by atomic mass is 10.1. The number of rotatable bonds is 5. The quantitative estimate of drug-likeness (QED) is 0.688. The number of carbonyl (C=O) groups is 2. The summed E-state index contributed by atoms with van der Waals surface area (Å²) in [6, 6.07) is 10.5. The number of nitrogens with one attached hydrogen (secondary N) is 2. The fourth-order valence-electron chi connectivity index (χ4n) is 3.82. The van der Waals surface area contributed by atoms with E-state index < -0.39 is 27.9 Å². The minimum absolute atomic E-state index is 0.0725. The molecule has 7 nitrogen and oxygen atoms in total. The molecule has 31 heavy (non-hydrogen) atoms. The molecule has 1 heterocycles. The summed E-state index contributed by atoms with van der Waals surface area (Å²) in [5.41, 5.74) is 2.35. The second-order valence-corrected chi connectivity index (χ2v) is 10.1. The first kappa shape index (κ1) is 21.7. The number of carbonyl (C=O) groups excluding carboxylic acids is 2. The summed E-state index contributed by atoms with van der Waals surface area (Å²) in [4.78, 5) is 25.0. The number of nitrogens with zero attached hydrogens (tertiary/aromatic N) is 1. The molecular weight excluding hydrogens is 461 g/mol. The van der Waals surface area contributed by atoms with Gasteiger partial charge in [-0.05, 0) is 42.2 Å². The van der Waals surface area contributed by atoms with E-state index in [0.29, 0.717) is 12.8 Å². The van der Waals surface area contributed by atoms with Crippen LogP contribution in [0.1, 0.15) is 17.5 Å². The molecule has 2 aromatic rings. The van der Waals surface area contributed by atoms with Crippen molar-refractivity contribution in [3.05, 3.63) is 76.0 Å². The minimum Gasteiger partial charge on any atom is -0.353 e. The molecule has 2 N–H and O–H groups in total. The van der Waals surface area contributed by atoms with E-state index >= 15 is 0 Å². The van der Waals surface area contributed by atoms with Gasteiger partial charge in [-0.1, -0.05) is 47.5 Å². The number of hydrogen-bond donors (Lipinski definition) is 2. The Morgan fingerprint density at radius 3 is 2.42 bits per heavy atom. The first-order valence-electron chi connectivity index (χ1n) is 9.57. The molecule has 2 aromatic carbocycles. The van der Waals surface area contributed by atoms with Crippen molar-refractivity contribution in [3.8, 4) is 0 Å². The molecule has 162 valence electrons. The van der Waals surface area contributed by atoms with Crippen molar-refractivity contribution in [2.45, 2.75) is 36.2 Å². The third kappa shape index (κ3) is 4.42. The highest BCUT2D eigenvalue weighted by Crippen LogP contribution is 2.29. The molecule has 0 bridgehead atoms. The first-order chi connectivity index (χ1) is 14.8. The summed E-state index contributed by atoms with van der Waals surface area (Å²) >= 11 is 11.8. The van der Waals surface area contributed by atoms with E-state index in [1.54, 1.807) is 0 Å². The molecular formula is C21H19Cl2N3O4S. The van der Waals surface area contributed by atoms with Crippen LogP contribution in [-0.2, 0) is 32.5 Å². The van der Waals surface area contributed by atoms with E-state index in [9.17, 15) is 18.0 Å². The van der Waals surface area contributed by atoms with Gasteiger partial charge >= 0.3 is 0 Å². The largest absolute Gasteiger partial charge is 0.353 e. The van der Waals surface area contributed by atoms with Crippen molar-refractivity contribution in [2.75, 3.05) is 0 Å². The predicted octanol–water partition coefficient (Wildman–Crippen LogP) is 2.63. The average molecular weight is 480 g/mol. The highest BCUT2D eigenvalue weighted by Gasteiger charge is 2.37. The van der Waals surface area contributed by atoms with Gasteiger partial charge in [0.1, 0.15) is 6.04 Å². The Balaban J connectivity index is 1.51. The zero-order valence-corrected chi connectivity index (χ0v) is 18.5. The summed E-state index contributed by atoms with van der Waals surface area (Å²) in [7, 11) is -4.14. The fraction of sp³-hybridized carbons (Fsp3) is 0.238. The second-order valence-electron chi connectivity index (χ2n) is 7.40.